The van der Waals surface area contributed by atoms with Crippen LogP contribution in [0.2, 0.25) is 0 Å². The summed E-state index contributed by atoms with van der Waals surface area (Å²) in [6.07, 6.45) is 2.51. The van der Waals surface area contributed by atoms with Crippen LogP contribution in [0, 0.1) is 6.92 Å². The van der Waals surface area contributed by atoms with E-state index in [0.717, 1.165) is 69.4 Å². The van der Waals surface area contributed by atoms with Gasteiger partial charge in [0.2, 0.25) is 0 Å². The first-order valence-electron chi connectivity index (χ1n) is 10.7. The molecule has 3 heterocycles. The van der Waals surface area contributed by atoms with Gasteiger partial charge in [-0.3, -0.25) is 14.6 Å². The molecule has 0 bridgehead atoms. The molecule has 0 N–H and O–H groups in total. The van der Waals surface area contributed by atoms with Crippen LogP contribution in [-0.2, 0) is 6.54 Å². The predicted octanol–water partition coefficient (Wildman–Crippen LogP) is 3.02. The van der Waals surface area contributed by atoms with E-state index in [-0.39, 0.29) is 5.91 Å². The average molecular weight is 398 g/mol. The maximum atomic E-state index is 12.8. The van der Waals surface area contributed by atoms with Crippen molar-refractivity contribution in [2.75, 3.05) is 52.4 Å². The van der Waals surface area contributed by atoms with Gasteiger partial charge in [-0.15, -0.1) is 0 Å². The van der Waals surface area contributed by atoms with Gasteiger partial charge in [-0.1, -0.05) is 18.2 Å². The van der Waals surface area contributed by atoms with E-state index >= 15 is 0 Å². The lowest BCUT2D eigenvalue weighted by Crippen LogP contribution is -2.49. The topological polar surface area (TPSA) is 49.2 Å². The van der Waals surface area contributed by atoms with Crippen molar-refractivity contribution >= 4 is 5.91 Å². The Hall–Kier alpha value is -2.31. The summed E-state index contributed by atoms with van der Waals surface area (Å²) in [7, 11) is 0. The minimum Gasteiger partial charge on any atom is -0.492 e. The fraction of sp³-hybridized carbons (Fsp3) is 0.522. The number of piperazine rings is 1. The van der Waals surface area contributed by atoms with Crippen molar-refractivity contribution in [2.24, 2.45) is 0 Å². The van der Waals surface area contributed by atoms with E-state index in [4.69, 9.17) is 9.15 Å². The largest absolute Gasteiger partial charge is 0.492 e. The van der Waals surface area contributed by atoms with Gasteiger partial charge in [0.15, 0.2) is 5.76 Å². The number of amides is 1. The minimum absolute atomic E-state index is 0.00785. The first-order valence-corrected chi connectivity index (χ1v) is 10.7. The molecule has 0 unspecified atom stereocenters. The first kappa shape index (κ1) is 20.0. The average Bonchev–Trinajstić information content (AvgIpc) is 3.42. The van der Waals surface area contributed by atoms with Crippen LogP contribution in [0.4, 0.5) is 0 Å². The summed E-state index contributed by atoms with van der Waals surface area (Å²) < 4.78 is 11.7. The molecule has 0 atom stereocenters. The fourth-order valence-corrected chi connectivity index (χ4v) is 4.07. The zero-order valence-corrected chi connectivity index (χ0v) is 17.3. The summed E-state index contributed by atoms with van der Waals surface area (Å²) in [5.41, 5.74) is 1.16. The van der Waals surface area contributed by atoms with Crippen molar-refractivity contribution < 1.29 is 13.9 Å². The van der Waals surface area contributed by atoms with Gasteiger partial charge in [-0.25, -0.2) is 0 Å². The molecule has 6 nitrogen and oxygen atoms in total. The number of hydrogen-bond acceptors (Lipinski definition) is 5. The van der Waals surface area contributed by atoms with Gasteiger partial charge in [0.05, 0.1) is 6.54 Å². The molecule has 0 spiro atoms. The number of carbonyl (C=O) groups is 1. The van der Waals surface area contributed by atoms with Crippen LogP contribution < -0.4 is 4.74 Å². The third-order valence-corrected chi connectivity index (χ3v) is 5.87. The molecule has 6 heteroatoms. The molecule has 2 saturated heterocycles. The van der Waals surface area contributed by atoms with Crippen molar-refractivity contribution in [1.29, 1.82) is 0 Å². The normalized spacial score (nSPS) is 18.3. The molecule has 29 heavy (non-hydrogen) atoms. The SMILES string of the molecule is Cc1ccccc1OCCN1CCN(C(=O)c2ccc(CN3CCCC3)o2)CC1. The summed E-state index contributed by atoms with van der Waals surface area (Å²) in [5, 5.41) is 0. The molecule has 0 saturated carbocycles. The Labute approximate surface area is 173 Å². The van der Waals surface area contributed by atoms with Crippen LogP contribution in [0.1, 0.15) is 34.7 Å². The van der Waals surface area contributed by atoms with Crippen LogP contribution in [0.5, 0.6) is 5.75 Å². The standard InChI is InChI=1S/C23H31N3O3/c1-19-6-2-3-7-21(19)28-17-16-24-12-14-26(15-13-24)23(27)22-9-8-20(29-22)18-25-10-4-5-11-25/h2-3,6-9H,4-5,10-18H2,1H3. The van der Waals surface area contributed by atoms with E-state index in [9.17, 15) is 4.79 Å². The maximum Gasteiger partial charge on any atom is 0.289 e. The van der Waals surface area contributed by atoms with Gasteiger partial charge in [0, 0.05) is 32.7 Å². The first-order chi connectivity index (χ1) is 14.2. The Balaban J connectivity index is 1.20. The highest BCUT2D eigenvalue weighted by atomic mass is 16.5. The molecule has 2 aromatic rings. The van der Waals surface area contributed by atoms with Crippen molar-refractivity contribution in [1.82, 2.24) is 14.7 Å². The summed E-state index contributed by atoms with van der Waals surface area (Å²) >= 11 is 0. The Kier molecular flexibility index (Phi) is 6.52. The zero-order chi connectivity index (χ0) is 20.1. The van der Waals surface area contributed by atoms with Crippen molar-refractivity contribution in [3.63, 3.8) is 0 Å². The molecule has 2 fully saturated rings. The fourth-order valence-electron chi connectivity index (χ4n) is 4.07. The van der Waals surface area contributed by atoms with E-state index in [2.05, 4.69) is 22.8 Å². The third kappa shape index (κ3) is 5.19. The molecule has 156 valence electrons. The molecule has 0 aliphatic carbocycles. The third-order valence-electron chi connectivity index (χ3n) is 5.87. The molecule has 0 radical (unpaired) electrons. The van der Waals surface area contributed by atoms with Crippen molar-refractivity contribution in [2.45, 2.75) is 26.3 Å². The van der Waals surface area contributed by atoms with Crippen LogP contribution in [0.3, 0.4) is 0 Å². The van der Waals surface area contributed by atoms with Crippen molar-refractivity contribution in [3.05, 3.63) is 53.5 Å². The van der Waals surface area contributed by atoms with E-state index < -0.39 is 0 Å². The van der Waals surface area contributed by atoms with Gasteiger partial charge in [0.1, 0.15) is 18.1 Å². The van der Waals surface area contributed by atoms with E-state index in [1.807, 2.05) is 35.2 Å². The number of ether oxygens (including phenoxy) is 1. The summed E-state index contributed by atoms with van der Waals surface area (Å²) in [4.78, 5) is 19.4. The quantitative estimate of drug-likeness (QED) is 0.719. The van der Waals surface area contributed by atoms with Crippen LogP contribution in [0.25, 0.3) is 0 Å². The second-order valence-electron chi connectivity index (χ2n) is 8.00. The molecular formula is C23H31N3O3. The molecule has 4 rings (SSSR count). The summed E-state index contributed by atoms with van der Waals surface area (Å²) in [6, 6.07) is 11.9. The maximum absolute atomic E-state index is 12.8. The number of aryl methyl sites for hydroxylation is 1. The lowest BCUT2D eigenvalue weighted by atomic mass is 10.2. The van der Waals surface area contributed by atoms with Gasteiger partial charge in [-0.05, 0) is 56.6 Å². The van der Waals surface area contributed by atoms with Crippen LogP contribution in [0.15, 0.2) is 40.8 Å². The number of furan rings is 1. The number of hydrogen-bond donors (Lipinski definition) is 0. The minimum atomic E-state index is 0.00785. The zero-order valence-electron chi connectivity index (χ0n) is 17.3. The Morgan fingerprint density at radius 2 is 1.72 bits per heavy atom. The molecule has 2 aliphatic rings. The Morgan fingerprint density at radius 3 is 2.48 bits per heavy atom. The van der Waals surface area contributed by atoms with Crippen molar-refractivity contribution in [3.8, 4) is 5.75 Å². The highest BCUT2D eigenvalue weighted by Crippen LogP contribution is 2.18. The van der Waals surface area contributed by atoms with E-state index in [1.54, 1.807) is 0 Å². The number of benzene rings is 1. The molecule has 1 aromatic carbocycles. The van der Waals surface area contributed by atoms with Crippen LogP contribution >= 0.6 is 0 Å². The Morgan fingerprint density at radius 1 is 0.966 bits per heavy atom. The van der Waals surface area contributed by atoms with Gasteiger partial charge in [0.25, 0.3) is 5.91 Å². The van der Waals surface area contributed by atoms with Gasteiger partial charge in [-0.2, -0.15) is 0 Å². The summed E-state index contributed by atoms with van der Waals surface area (Å²) in [5.74, 6) is 2.31. The lowest BCUT2D eigenvalue weighted by Gasteiger charge is -2.34. The number of likely N-dealkylation sites (tertiary alicyclic amines) is 1. The smallest absolute Gasteiger partial charge is 0.289 e. The number of nitrogens with zero attached hydrogens (tertiary/aromatic N) is 3. The number of carbonyl (C=O) groups excluding carboxylic acids is 1. The van der Waals surface area contributed by atoms with E-state index in [0.29, 0.717) is 12.4 Å². The van der Waals surface area contributed by atoms with Crippen LogP contribution in [-0.4, -0.2) is 73.0 Å². The summed E-state index contributed by atoms with van der Waals surface area (Å²) in [6.45, 7) is 9.84. The van der Waals surface area contributed by atoms with E-state index in [1.165, 1.54) is 12.8 Å². The molecule has 1 amide bonds. The Bertz CT molecular complexity index is 805. The van der Waals surface area contributed by atoms with Gasteiger partial charge < -0.3 is 14.1 Å². The number of rotatable bonds is 7. The molecule has 2 aliphatic heterocycles. The second kappa shape index (κ2) is 9.46. The monoisotopic (exact) mass is 397 g/mol. The second-order valence-corrected chi connectivity index (χ2v) is 8.00. The highest BCUT2D eigenvalue weighted by Gasteiger charge is 2.24. The molecular weight excluding hydrogens is 366 g/mol. The molecule has 1 aromatic heterocycles. The number of para-hydroxylation sites is 1. The highest BCUT2D eigenvalue weighted by molar-refractivity contribution is 5.91. The predicted molar refractivity (Wildman–Crippen MR) is 112 cm³/mol. The van der Waals surface area contributed by atoms with Gasteiger partial charge >= 0.3 is 0 Å². The lowest BCUT2D eigenvalue weighted by molar-refractivity contribution is 0.0587.